The number of ether oxygens (including phenoxy) is 1. The molecule has 0 bridgehead atoms. The van der Waals surface area contributed by atoms with E-state index in [2.05, 4.69) is 0 Å². The molecule has 1 heterocycles. The Morgan fingerprint density at radius 1 is 1.69 bits per heavy atom. The molecule has 0 spiro atoms. The van der Waals surface area contributed by atoms with Crippen LogP contribution in [0, 0.1) is 5.92 Å². The molecule has 0 saturated carbocycles. The largest absolute Gasteiger partial charge is 0.377 e. The van der Waals surface area contributed by atoms with Crippen molar-refractivity contribution in [2.45, 2.75) is 31.6 Å². The molecule has 4 unspecified atom stereocenters. The van der Waals surface area contributed by atoms with E-state index in [1.807, 2.05) is 13.8 Å². The van der Waals surface area contributed by atoms with Gasteiger partial charge in [-0.15, -0.1) is 0 Å². The maximum Gasteiger partial charge on any atom is 0.0691 e. The van der Waals surface area contributed by atoms with Crippen molar-refractivity contribution in [3.63, 3.8) is 0 Å². The van der Waals surface area contributed by atoms with E-state index in [4.69, 9.17) is 10.5 Å². The predicted octanol–water partition coefficient (Wildman–Crippen LogP) is 0.507. The van der Waals surface area contributed by atoms with Crippen LogP contribution in [0.1, 0.15) is 20.3 Å². The van der Waals surface area contributed by atoms with Crippen molar-refractivity contribution in [1.29, 1.82) is 0 Å². The minimum atomic E-state index is -0.760. The van der Waals surface area contributed by atoms with Gasteiger partial charge in [0.15, 0.2) is 0 Å². The number of hydrogen-bond acceptors (Lipinski definition) is 3. The van der Waals surface area contributed by atoms with Gasteiger partial charge in [0.25, 0.3) is 0 Å². The van der Waals surface area contributed by atoms with Gasteiger partial charge in [-0.1, -0.05) is 6.92 Å². The summed E-state index contributed by atoms with van der Waals surface area (Å²) in [5.74, 6) is 1.07. The van der Waals surface area contributed by atoms with Crippen molar-refractivity contribution >= 4 is 10.8 Å². The van der Waals surface area contributed by atoms with Crippen molar-refractivity contribution in [3.05, 3.63) is 0 Å². The second-order valence-electron chi connectivity index (χ2n) is 3.79. The second-order valence-corrected chi connectivity index (χ2v) is 5.49. The first-order valence-corrected chi connectivity index (χ1v) is 6.22. The number of hydrogen-bond donors (Lipinski definition) is 1. The Morgan fingerprint density at radius 3 is 2.85 bits per heavy atom. The number of rotatable bonds is 4. The molecular formula is C9H19NO2S. The van der Waals surface area contributed by atoms with E-state index in [9.17, 15) is 4.21 Å². The van der Waals surface area contributed by atoms with E-state index in [0.29, 0.717) is 12.5 Å². The SMILES string of the molecule is CC(CN)CS(=O)C1CCOC1C. The summed E-state index contributed by atoms with van der Waals surface area (Å²) in [5, 5.41) is 0.231. The molecule has 1 aliphatic heterocycles. The van der Waals surface area contributed by atoms with E-state index in [1.165, 1.54) is 0 Å². The lowest BCUT2D eigenvalue weighted by Crippen LogP contribution is -2.29. The van der Waals surface area contributed by atoms with Gasteiger partial charge in [0.05, 0.1) is 11.4 Å². The van der Waals surface area contributed by atoms with Gasteiger partial charge in [0.2, 0.25) is 0 Å². The maximum atomic E-state index is 11.8. The first-order chi connectivity index (χ1) is 6.15. The van der Waals surface area contributed by atoms with Crippen LogP contribution in [0.5, 0.6) is 0 Å². The normalized spacial score (nSPS) is 33.2. The fraction of sp³-hybridized carbons (Fsp3) is 1.00. The molecule has 0 aliphatic carbocycles. The van der Waals surface area contributed by atoms with Crippen LogP contribution in [0.25, 0.3) is 0 Å². The molecule has 78 valence electrons. The van der Waals surface area contributed by atoms with Crippen LogP contribution in [0.4, 0.5) is 0 Å². The topological polar surface area (TPSA) is 52.3 Å². The molecule has 2 N–H and O–H groups in total. The van der Waals surface area contributed by atoms with Gasteiger partial charge in [-0.05, 0) is 25.8 Å². The zero-order valence-corrected chi connectivity index (χ0v) is 9.18. The van der Waals surface area contributed by atoms with E-state index >= 15 is 0 Å². The summed E-state index contributed by atoms with van der Waals surface area (Å²) in [4.78, 5) is 0. The molecule has 1 rings (SSSR count). The Hall–Kier alpha value is 0.0700. The van der Waals surface area contributed by atoms with Crippen LogP contribution in [-0.4, -0.2) is 34.5 Å². The molecule has 4 heteroatoms. The standard InChI is InChI=1S/C9H19NO2S/c1-7(5-10)6-13(11)9-3-4-12-8(9)2/h7-9H,3-6,10H2,1-2H3. The third-order valence-electron chi connectivity index (χ3n) is 2.50. The molecule has 0 aromatic heterocycles. The molecule has 4 atom stereocenters. The van der Waals surface area contributed by atoms with Crippen molar-refractivity contribution in [3.8, 4) is 0 Å². The van der Waals surface area contributed by atoms with Gasteiger partial charge in [0, 0.05) is 23.2 Å². The van der Waals surface area contributed by atoms with E-state index in [0.717, 1.165) is 18.8 Å². The molecule has 0 aromatic rings. The van der Waals surface area contributed by atoms with E-state index in [1.54, 1.807) is 0 Å². The highest BCUT2D eigenvalue weighted by molar-refractivity contribution is 7.85. The van der Waals surface area contributed by atoms with Crippen LogP contribution in [0.2, 0.25) is 0 Å². The Kier molecular flexibility index (Phi) is 4.35. The third kappa shape index (κ3) is 3.04. The monoisotopic (exact) mass is 205 g/mol. The lowest BCUT2D eigenvalue weighted by molar-refractivity contribution is 0.127. The number of nitrogens with two attached hydrogens (primary N) is 1. The van der Waals surface area contributed by atoms with Crippen LogP contribution >= 0.6 is 0 Å². The lowest BCUT2D eigenvalue weighted by Gasteiger charge is -2.15. The molecule has 1 fully saturated rings. The first-order valence-electron chi connectivity index (χ1n) is 4.84. The Balaban J connectivity index is 2.38. The molecule has 0 aromatic carbocycles. The molecule has 0 amide bonds. The molecule has 3 nitrogen and oxygen atoms in total. The van der Waals surface area contributed by atoms with Gasteiger partial charge in [0.1, 0.15) is 0 Å². The maximum absolute atomic E-state index is 11.8. The van der Waals surface area contributed by atoms with Crippen molar-refractivity contribution in [1.82, 2.24) is 0 Å². The van der Waals surface area contributed by atoms with E-state index in [-0.39, 0.29) is 11.4 Å². The smallest absolute Gasteiger partial charge is 0.0691 e. The highest BCUT2D eigenvalue weighted by atomic mass is 32.2. The quantitative estimate of drug-likeness (QED) is 0.727. The third-order valence-corrected chi connectivity index (χ3v) is 4.69. The Morgan fingerprint density at radius 2 is 2.38 bits per heavy atom. The average molecular weight is 205 g/mol. The van der Waals surface area contributed by atoms with Gasteiger partial charge in [-0.2, -0.15) is 0 Å². The highest BCUT2D eigenvalue weighted by Crippen LogP contribution is 2.19. The average Bonchev–Trinajstić information content (AvgIpc) is 2.51. The lowest BCUT2D eigenvalue weighted by atomic mass is 10.2. The highest BCUT2D eigenvalue weighted by Gasteiger charge is 2.29. The Bertz CT molecular complexity index is 186. The summed E-state index contributed by atoms with van der Waals surface area (Å²) in [5.41, 5.74) is 5.49. The summed E-state index contributed by atoms with van der Waals surface area (Å²) in [6, 6.07) is 0. The van der Waals surface area contributed by atoms with Gasteiger partial charge < -0.3 is 10.5 Å². The summed E-state index contributed by atoms with van der Waals surface area (Å²) < 4.78 is 17.2. The minimum Gasteiger partial charge on any atom is -0.377 e. The van der Waals surface area contributed by atoms with Crippen molar-refractivity contribution in [2.24, 2.45) is 11.7 Å². The summed E-state index contributed by atoms with van der Waals surface area (Å²) in [7, 11) is -0.760. The van der Waals surface area contributed by atoms with Crippen LogP contribution < -0.4 is 5.73 Å². The molecule has 1 aliphatic rings. The van der Waals surface area contributed by atoms with Crippen LogP contribution in [0.3, 0.4) is 0 Å². The molecular weight excluding hydrogens is 186 g/mol. The van der Waals surface area contributed by atoms with Crippen LogP contribution in [-0.2, 0) is 15.5 Å². The zero-order chi connectivity index (χ0) is 9.84. The first kappa shape index (κ1) is 11.1. The van der Waals surface area contributed by atoms with Gasteiger partial charge in [-0.3, -0.25) is 4.21 Å². The molecule has 13 heavy (non-hydrogen) atoms. The fourth-order valence-corrected chi connectivity index (χ4v) is 3.34. The molecule has 1 saturated heterocycles. The minimum absolute atomic E-state index is 0.158. The van der Waals surface area contributed by atoms with Crippen molar-refractivity contribution < 1.29 is 8.95 Å². The fourth-order valence-electron chi connectivity index (χ4n) is 1.53. The Labute approximate surface area is 82.5 Å². The summed E-state index contributed by atoms with van der Waals surface area (Å²) in [6.45, 7) is 5.42. The zero-order valence-electron chi connectivity index (χ0n) is 8.36. The molecule has 0 radical (unpaired) electrons. The van der Waals surface area contributed by atoms with Gasteiger partial charge in [-0.25, -0.2) is 0 Å². The summed E-state index contributed by atoms with van der Waals surface area (Å²) >= 11 is 0. The van der Waals surface area contributed by atoms with Gasteiger partial charge >= 0.3 is 0 Å². The second kappa shape index (κ2) is 5.08. The summed E-state index contributed by atoms with van der Waals surface area (Å²) in [6.07, 6.45) is 1.09. The van der Waals surface area contributed by atoms with E-state index < -0.39 is 10.8 Å². The van der Waals surface area contributed by atoms with Crippen LogP contribution in [0.15, 0.2) is 0 Å². The van der Waals surface area contributed by atoms with Crippen molar-refractivity contribution in [2.75, 3.05) is 18.9 Å². The predicted molar refractivity (Wildman–Crippen MR) is 55.0 cm³/mol.